The summed E-state index contributed by atoms with van der Waals surface area (Å²) in [5, 5.41) is 21.9. The van der Waals surface area contributed by atoms with Crippen molar-refractivity contribution in [2.45, 2.75) is 138 Å². The first kappa shape index (κ1) is 74.1. The molecule has 4 heterocycles. The fourth-order valence-corrected chi connectivity index (χ4v) is 16.4. The minimum absolute atomic E-state index is 0.238. The van der Waals surface area contributed by atoms with E-state index in [0.717, 1.165) is 67.2 Å². The molecule has 0 unspecified atom stereocenters. The van der Waals surface area contributed by atoms with E-state index < -0.39 is 11.7 Å². The second kappa shape index (κ2) is 28.6. The highest BCUT2D eigenvalue weighted by Gasteiger charge is 2.37. The van der Waals surface area contributed by atoms with E-state index in [1.807, 2.05) is 47.9 Å². The lowest BCUT2D eigenvalue weighted by Gasteiger charge is -2.17. The van der Waals surface area contributed by atoms with Gasteiger partial charge in [-0.3, -0.25) is 0 Å². The molecule has 0 radical (unpaired) electrons. The largest absolute Gasteiger partial charge is 0.417 e. The maximum Gasteiger partial charge on any atom is 0.417 e. The van der Waals surface area contributed by atoms with Crippen LogP contribution in [-0.4, -0.2) is 20.2 Å². The summed E-state index contributed by atoms with van der Waals surface area (Å²) < 4.78 is 50.2. The van der Waals surface area contributed by atoms with Crippen molar-refractivity contribution in [1.82, 2.24) is 20.2 Å². The van der Waals surface area contributed by atoms with Crippen molar-refractivity contribution in [3.05, 3.63) is 281 Å². The molecule has 0 fully saturated rings. The molecular formula is C96H97F3N8+4. The van der Waals surface area contributed by atoms with E-state index in [4.69, 9.17) is 20.2 Å². The van der Waals surface area contributed by atoms with E-state index in [-0.39, 0.29) is 10.8 Å². The predicted molar refractivity (Wildman–Crippen MR) is 438 cm³/mol. The summed E-state index contributed by atoms with van der Waals surface area (Å²) >= 11 is 0. The Morgan fingerprint density at radius 1 is 0.262 bits per heavy atom. The maximum absolute atomic E-state index is 14.1. The van der Waals surface area contributed by atoms with Crippen LogP contribution in [0.2, 0.25) is 0 Å². The first-order valence-corrected chi connectivity index (χ1v) is 36.9. The number of pyridine rings is 1. The Morgan fingerprint density at radius 3 is 1.06 bits per heavy atom. The van der Waals surface area contributed by atoms with Crippen molar-refractivity contribution in [3.8, 4) is 45.3 Å². The molecule has 107 heavy (non-hydrogen) atoms. The molecule has 0 atom stereocenters. The third-order valence-electron chi connectivity index (χ3n) is 22.8. The van der Waals surface area contributed by atoms with E-state index in [1.54, 1.807) is 30.5 Å². The molecule has 0 saturated heterocycles. The Balaban J connectivity index is 0.000000126. The third-order valence-corrected chi connectivity index (χ3v) is 22.8. The molecule has 16 rings (SSSR count). The Kier molecular flexibility index (Phi) is 19.8. The number of nitrogens with zero attached hydrogens (tertiary/aromatic N) is 8. The number of rotatable bonds is 4. The van der Waals surface area contributed by atoms with Crippen molar-refractivity contribution in [3.63, 3.8) is 0 Å². The summed E-state index contributed by atoms with van der Waals surface area (Å²) in [5.74, 6) is 1.94. The van der Waals surface area contributed by atoms with Crippen molar-refractivity contribution >= 4 is 86.7 Å². The Hall–Kier alpha value is -11.2. The van der Waals surface area contributed by atoms with Crippen molar-refractivity contribution in [1.29, 1.82) is 0 Å². The monoisotopic (exact) mass is 1420 g/mol. The molecule has 11 heteroatoms. The minimum Gasteiger partial charge on any atom is -0.232 e. The standard InChI is InChI=1S/C25H23F3N.2C24H25N2.C23H24N3/c1-14-10-15(2)16(3)21(11-14)23-12-20-17(4)18-8-6-7-9-19(18)24(25(26,27)28)22(20)13-29(23)5;1-14-11-15(2)16(3)21(12-14)24-25-23-18(5)20-10-8-7-9-19(20)17(4)22(23)13-26(24)6;1-14-11-15(2)16(3)21(12-14)23-13-22-17(4)19-9-7-8-10-20(19)18(5)24(22)25-26(23)6;1-13-11-14(2)15(3)20(12-13)23-24-21-16(4)18-9-7-8-10-19(18)17(5)22(21)25-26(23)6/h6-13H,1-5H3;2*7-13H,1-6H3;7-12H,1-6H3/q4*+1. The second-order valence-electron chi connectivity index (χ2n) is 30.2. The lowest BCUT2D eigenvalue weighted by atomic mass is 9.91. The molecule has 8 nitrogen and oxygen atoms in total. The number of hydrogen-bond donors (Lipinski definition) is 0. The van der Waals surface area contributed by atoms with Crippen LogP contribution in [0.5, 0.6) is 0 Å². The van der Waals surface area contributed by atoms with Crippen LogP contribution in [0, 0.1) is 132 Å². The molecule has 0 bridgehead atoms. The zero-order chi connectivity index (χ0) is 76.8. The quantitative estimate of drug-likeness (QED) is 0.130. The van der Waals surface area contributed by atoms with Crippen molar-refractivity contribution in [2.24, 2.45) is 28.2 Å². The number of aryl methyl sites for hydroxylation is 19. The van der Waals surface area contributed by atoms with Gasteiger partial charge in [0, 0.05) is 39.3 Å². The number of fused-ring (bicyclic) bond motifs is 8. The van der Waals surface area contributed by atoms with Gasteiger partial charge in [-0.1, -0.05) is 142 Å². The van der Waals surface area contributed by atoms with Gasteiger partial charge >= 0.3 is 17.8 Å². The van der Waals surface area contributed by atoms with Crippen LogP contribution in [0.1, 0.15) is 111 Å². The van der Waals surface area contributed by atoms with Crippen LogP contribution in [0.15, 0.2) is 170 Å². The van der Waals surface area contributed by atoms with Gasteiger partial charge in [-0.2, -0.15) is 13.2 Å². The lowest BCUT2D eigenvalue weighted by Crippen LogP contribution is -2.37. The first-order chi connectivity index (χ1) is 50.7. The second-order valence-corrected chi connectivity index (χ2v) is 30.2. The number of aromatic nitrogens is 8. The fraction of sp³-hybridized carbons (Fsp3) is 0.250. The van der Waals surface area contributed by atoms with Gasteiger partial charge in [0.2, 0.25) is 16.9 Å². The van der Waals surface area contributed by atoms with Gasteiger partial charge in [-0.05, 0) is 298 Å². The van der Waals surface area contributed by atoms with Crippen LogP contribution in [0.25, 0.3) is 132 Å². The van der Waals surface area contributed by atoms with Crippen LogP contribution in [0.4, 0.5) is 13.2 Å². The van der Waals surface area contributed by atoms with Gasteiger partial charge in [0.05, 0.1) is 40.1 Å². The highest BCUT2D eigenvalue weighted by atomic mass is 19.4. The minimum atomic E-state index is -4.43. The van der Waals surface area contributed by atoms with E-state index in [2.05, 4.69) is 270 Å². The summed E-state index contributed by atoms with van der Waals surface area (Å²) in [7, 11) is 7.96. The topological polar surface area (TPSA) is 67.1 Å². The maximum atomic E-state index is 14.1. The van der Waals surface area contributed by atoms with Crippen LogP contribution in [-0.2, 0) is 34.4 Å². The van der Waals surface area contributed by atoms with Crippen molar-refractivity contribution in [2.75, 3.05) is 0 Å². The molecule has 0 aliphatic rings. The Labute approximate surface area is 627 Å². The number of benzene rings is 12. The average Bonchev–Trinajstić information content (AvgIpc) is 0.734. The molecule has 0 aliphatic carbocycles. The van der Waals surface area contributed by atoms with E-state index in [9.17, 15) is 13.2 Å². The molecule has 538 valence electrons. The van der Waals surface area contributed by atoms with E-state index in [0.29, 0.717) is 10.8 Å². The average molecular weight is 1420 g/mol. The number of hydrogen-bond acceptors (Lipinski definition) is 4. The van der Waals surface area contributed by atoms with Gasteiger partial charge in [0.1, 0.15) is 25.8 Å². The Bertz CT molecular complexity index is 5950. The molecule has 4 aromatic heterocycles. The third kappa shape index (κ3) is 13.4. The van der Waals surface area contributed by atoms with Crippen LogP contribution >= 0.6 is 0 Å². The number of halogens is 3. The molecule has 0 N–H and O–H groups in total. The molecule has 12 aromatic carbocycles. The molecule has 0 aliphatic heterocycles. The summed E-state index contributed by atoms with van der Waals surface area (Å²) in [6.45, 7) is 40.7. The van der Waals surface area contributed by atoms with Crippen LogP contribution < -0.4 is 18.5 Å². The molecule has 0 saturated carbocycles. The van der Waals surface area contributed by atoms with E-state index in [1.165, 1.54) is 149 Å². The van der Waals surface area contributed by atoms with Gasteiger partial charge in [-0.25, -0.2) is 9.13 Å². The molecular weight excluding hydrogens is 1320 g/mol. The normalized spacial score (nSPS) is 11.6. The van der Waals surface area contributed by atoms with Crippen LogP contribution in [0.3, 0.4) is 0 Å². The summed E-state index contributed by atoms with van der Waals surface area (Å²) in [4.78, 5) is 10.3. The molecule has 0 amide bonds. The van der Waals surface area contributed by atoms with Crippen molar-refractivity contribution < 1.29 is 31.7 Å². The zero-order valence-corrected chi connectivity index (χ0v) is 66.4. The summed E-state index contributed by atoms with van der Waals surface area (Å²) in [6, 6.07) is 54.5. The lowest BCUT2D eigenvalue weighted by molar-refractivity contribution is -0.720. The van der Waals surface area contributed by atoms with Gasteiger partial charge in [-0.15, -0.1) is 4.68 Å². The molecule has 0 spiro atoms. The summed E-state index contributed by atoms with van der Waals surface area (Å²) in [5.41, 5.74) is 33.8. The first-order valence-electron chi connectivity index (χ1n) is 36.9. The van der Waals surface area contributed by atoms with Gasteiger partial charge < -0.3 is 0 Å². The Morgan fingerprint density at radius 2 is 0.589 bits per heavy atom. The van der Waals surface area contributed by atoms with Gasteiger partial charge in [0.25, 0.3) is 0 Å². The highest BCUT2D eigenvalue weighted by Crippen LogP contribution is 2.44. The summed E-state index contributed by atoms with van der Waals surface area (Å²) in [6.07, 6.45) is -0.566. The smallest absolute Gasteiger partial charge is 0.232 e. The SMILES string of the molecule is Cc1cc(C)c(C)c(-c2cc3c(C)c4ccccc4c(C(F)(F)F)c3c[n+]2C)c1.Cc1cc(C)c(C)c(-c2cc3c(C)c4ccccc4c(C)c3n[n+]2C)c1.Cc1cc(C)c(C)c(-c2nc3c(C)c4ccccc4c(C)c3c[n+]2C)c1.Cc1cc(C)c(C)c(-c2nc3c(C)c4ccccc4c(C)c3n[n+]2C)c1. The van der Waals surface area contributed by atoms with Gasteiger partial charge in [0.15, 0.2) is 24.3 Å². The number of alkyl halides is 3. The van der Waals surface area contributed by atoms with E-state index >= 15 is 0 Å². The zero-order valence-electron chi connectivity index (χ0n) is 66.4. The predicted octanol–water partition coefficient (Wildman–Crippen LogP) is 22.4. The molecule has 16 aromatic rings. The highest BCUT2D eigenvalue weighted by molar-refractivity contribution is 6.08. The fourth-order valence-electron chi connectivity index (χ4n) is 16.4.